The zero-order valence-corrected chi connectivity index (χ0v) is 11.3. The van der Waals surface area contributed by atoms with E-state index in [9.17, 15) is 13.2 Å². The van der Waals surface area contributed by atoms with Crippen molar-refractivity contribution in [3.63, 3.8) is 0 Å². The molecule has 110 valence electrons. The van der Waals surface area contributed by atoms with Crippen LogP contribution < -0.4 is 5.32 Å². The van der Waals surface area contributed by atoms with Crippen LogP contribution in [0.4, 0.5) is 13.2 Å². The molecule has 1 aliphatic heterocycles. The molecule has 1 heterocycles. The largest absolute Gasteiger partial charge is 0.496 e. The summed E-state index contributed by atoms with van der Waals surface area (Å²) in [5.74, 6) is -0.256. The van der Waals surface area contributed by atoms with Crippen LogP contribution >= 0.6 is 0 Å². The van der Waals surface area contributed by atoms with Crippen LogP contribution in [-0.2, 0) is 4.74 Å². The molecule has 1 saturated carbocycles. The standard InChI is InChI=1S/C14H22F3NO/c1-2-18-13(12-7-4-8-19-12)10-5-3-6-11(9-10)14(15,16)17/h7,10-11,13,18H,2-6,8-9H2,1H3. The summed E-state index contributed by atoms with van der Waals surface area (Å²) in [6.07, 6.45) is 0.840. The average Bonchev–Trinajstić information content (AvgIpc) is 2.88. The molecule has 2 rings (SSSR count). The highest BCUT2D eigenvalue weighted by Gasteiger charge is 2.44. The minimum absolute atomic E-state index is 0.0321. The van der Waals surface area contributed by atoms with Crippen molar-refractivity contribution in [3.05, 3.63) is 11.8 Å². The fourth-order valence-electron chi connectivity index (χ4n) is 3.20. The first-order chi connectivity index (χ1) is 9.02. The third kappa shape index (κ3) is 3.65. The van der Waals surface area contributed by atoms with Gasteiger partial charge in [0.15, 0.2) is 0 Å². The summed E-state index contributed by atoms with van der Waals surface area (Å²) in [5.41, 5.74) is 0. The summed E-state index contributed by atoms with van der Waals surface area (Å²) in [6, 6.07) is -0.0438. The van der Waals surface area contributed by atoms with E-state index in [-0.39, 0.29) is 24.8 Å². The summed E-state index contributed by atoms with van der Waals surface area (Å²) in [6.45, 7) is 3.39. The third-order valence-corrected chi connectivity index (χ3v) is 4.11. The molecule has 1 fully saturated rings. The molecule has 1 N–H and O–H groups in total. The van der Waals surface area contributed by atoms with Gasteiger partial charge in [0.1, 0.15) is 5.76 Å². The highest BCUT2D eigenvalue weighted by molar-refractivity contribution is 5.10. The molecule has 0 spiro atoms. The molecule has 0 aromatic heterocycles. The van der Waals surface area contributed by atoms with Gasteiger partial charge in [-0.1, -0.05) is 13.3 Å². The Kier molecular flexibility index (Phi) is 4.76. The van der Waals surface area contributed by atoms with Crippen LogP contribution in [0.5, 0.6) is 0 Å². The van der Waals surface area contributed by atoms with E-state index in [2.05, 4.69) is 5.32 Å². The fraction of sp³-hybridized carbons (Fsp3) is 0.857. The molecule has 0 aromatic rings. The van der Waals surface area contributed by atoms with Gasteiger partial charge in [0, 0.05) is 6.42 Å². The van der Waals surface area contributed by atoms with Crippen LogP contribution in [0.15, 0.2) is 11.8 Å². The Bertz CT molecular complexity index is 327. The molecule has 0 radical (unpaired) electrons. The van der Waals surface area contributed by atoms with Gasteiger partial charge in [-0.15, -0.1) is 0 Å². The lowest BCUT2D eigenvalue weighted by molar-refractivity contribution is -0.186. The lowest BCUT2D eigenvalue weighted by Gasteiger charge is -2.35. The first-order valence-corrected chi connectivity index (χ1v) is 7.15. The van der Waals surface area contributed by atoms with Gasteiger partial charge in [0.05, 0.1) is 18.6 Å². The minimum Gasteiger partial charge on any atom is -0.496 e. The number of hydrogen-bond acceptors (Lipinski definition) is 2. The van der Waals surface area contributed by atoms with E-state index in [1.54, 1.807) is 0 Å². The summed E-state index contributed by atoms with van der Waals surface area (Å²) in [4.78, 5) is 0. The van der Waals surface area contributed by atoms with E-state index in [1.165, 1.54) is 0 Å². The second kappa shape index (κ2) is 6.16. The Morgan fingerprint density at radius 3 is 2.79 bits per heavy atom. The Morgan fingerprint density at radius 2 is 2.21 bits per heavy atom. The Morgan fingerprint density at radius 1 is 1.42 bits per heavy atom. The quantitative estimate of drug-likeness (QED) is 0.847. The smallest absolute Gasteiger partial charge is 0.391 e. The Balaban J connectivity index is 2.04. The van der Waals surface area contributed by atoms with Gasteiger partial charge < -0.3 is 10.1 Å². The van der Waals surface area contributed by atoms with Crippen LogP contribution in [0.1, 0.15) is 39.0 Å². The monoisotopic (exact) mass is 277 g/mol. The SMILES string of the molecule is CCNC(C1=CCCO1)C1CCCC(C(F)(F)F)C1. The molecular formula is C14H22F3NO. The number of hydrogen-bond donors (Lipinski definition) is 1. The fourth-order valence-corrected chi connectivity index (χ4v) is 3.20. The van der Waals surface area contributed by atoms with Crippen molar-refractivity contribution in [3.8, 4) is 0 Å². The van der Waals surface area contributed by atoms with Crippen molar-refractivity contribution in [2.45, 2.75) is 51.2 Å². The zero-order chi connectivity index (χ0) is 13.9. The van der Waals surface area contributed by atoms with E-state index in [1.807, 2.05) is 13.0 Å². The molecule has 1 aliphatic carbocycles. The predicted molar refractivity (Wildman–Crippen MR) is 67.6 cm³/mol. The molecule has 2 aliphatic rings. The van der Waals surface area contributed by atoms with Gasteiger partial charge in [0.25, 0.3) is 0 Å². The third-order valence-electron chi connectivity index (χ3n) is 4.11. The maximum absolute atomic E-state index is 12.9. The number of halogens is 3. The van der Waals surface area contributed by atoms with Crippen LogP contribution in [0.25, 0.3) is 0 Å². The van der Waals surface area contributed by atoms with Crippen LogP contribution in [-0.4, -0.2) is 25.4 Å². The highest BCUT2D eigenvalue weighted by atomic mass is 19.4. The lowest BCUT2D eigenvalue weighted by atomic mass is 9.77. The first kappa shape index (κ1) is 14.7. The summed E-state index contributed by atoms with van der Waals surface area (Å²) >= 11 is 0. The maximum atomic E-state index is 12.9. The number of rotatable bonds is 4. The van der Waals surface area contributed by atoms with Crippen molar-refractivity contribution in [2.75, 3.05) is 13.2 Å². The summed E-state index contributed by atoms with van der Waals surface area (Å²) < 4.78 is 44.2. The second-order valence-corrected chi connectivity index (χ2v) is 5.44. The second-order valence-electron chi connectivity index (χ2n) is 5.44. The van der Waals surface area contributed by atoms with Crippen molar-refractivity contribution < 1.29 is 17.9 Å². The van der Waals surface area contributed by atoms with Crippen molar-refractivity contribution in [2.24, 2.45) is 11.8 Å². The Labute approximate surface area is 112 Å². The van der Waals surface area contributed by atoms with Crippen molar-refractivity contribution in [1.82, 2.24) is 5.32 Å². The van der Waals surface area contributed by atoms with Crippen LogP contribution in [0, 0.1) is 11.8 Å². The molecule has 0 aromatic carbocycles. The molecular weight excluding hydrogens is 255 g/mol. The van der Waals surface area contributed by atoms with E-state index in [0.717, 1.165) is 25.1 Å². The zero-order valence-electron chi connectivity index (χ0n) is 11.3. The molecule has 0 saturated heterocycles. The topological polar surface area (TPSA) is 21.3 Å². The number of nitrogens with one attached hydrogen (secondary N) is 1. The maximum Gasteiger partial charge on any atom is 0.391 e. The van der Waals surface area contributed by atoms with E-state index >= 15 is 0 Å². The molecule has 2 nitrogen and oxygen atoms in total. The van der Waals surface area contributed by atoms with Gasteiger partial charge >= 0.3 is 6.18 Å². The van der Waals surface area contributed by atoms with Gasteiger partial charge in [-0.05, 0) is 37.8 Å². The van der Waals surface area contributed by atoms with Gasteiger partial charge in [-0.2, -0.15) is 13.2 Å². The summed E-state index contributed by atoms with van der Waals surface area (Å²) in [5, 5.41) is 3.31. The average molecular weight is 277 g/mol. The Hall–Kier alpha value is -0.710. The molecule has 0 bridgehead atoms. The first-order valence-electron chi connectivity index (χ1n) is 7.15. The van der Waals surface area contributed by atoms with Crippen LogP contribution in [0.2, 0.25) is 0 Å². The normalized spacial score (nSPS) is 29.8. The van der Waals surface area contributed by atoms with E-state index in [4.69, 9.17) is 4.74 Å². The number of likely N-dealkylation sites (N-methyl/N-ethyl adjacent to an activating group) is 1. The molecule has 3 atom stereocenters. The number of ether oxygens (including phenoxy) is 1. The van der Waals surface area contributed by atoms with Crippen molar-refractivity contribution >= 4 is 0 Å². The molecule has 5 heteroatoms. The van der Waals surface area contributed by atoms with E-state index < -0.39 is 12.1 Å². The molecule has 0 amide bonds. The molecule has 3 unspecified atom stereocenters. The van der Waals surface area contributed by atoms with Gasteiger partial charge in [0.2, 0.25) is 0 Å². The highest BCUT2D eigenvalue weighted by Crippen LogP contribution is 2.42. The van der Waals surface area contributed by atoms with Gasteiger partial charge in [-0.3, -0.25) is 0 Å². The minimum atomic E-state index is -4.06. The van der Waals surface area contributed by atoms with E-state index in [0.29, 0.717) is 13.0 Å². The summed E-state index contributed by atoms with van der Waals surface area (Å²) in [7, 11) is 0. The lowest BCUT2D eigenvalue weighted by Crippen LogP contribution is -2.42. The molecule has 19 heavy (non-hydrogen) atoms. The number of alkyl halides is 3. The van der Waals surface area contributed by atoms with Crippen LogP contribution in [0.3, 0.4) is 0 Å². The van der Waals surface area contributed by atoms with Gasteiger partial charge in [-0.25, -0.2) is 0 Å². The predicted octanol–water partition coefficient (Wildman–Crippen LogP) is 3.64. The van der Waals surface area contributed by atoms with Crippen molar-refractivity contribution in [1.29, 1.82) is 0 Å².